The first-order valence-corrected chi connectivity index (χ1v) is 9.39. The van der Waals surface area contributed by atoms with Crippen LogP contribution in [-0.2, 0) is 9.53 Å². The Morgan fingerprint density at radius 1 is 1.23 bits per heavy atom. The van der Waals surface area contributed by atoms with Gasteiger partial charge in [0.15, 0.2) is 0 Å². The predicted molar refractivity (Wildman–Crippen MR) is 96.4 cm³/mol. The van der Waals surface area contributed by atoms with E-state index in [9.17, 15) is 14.7 Å². The highest BCUT2D eigenvalue weighted by Crippen LogP contribution is 2.32. The Balaban J connectivity index is 1.59. The van der Waals surface area contributed by atoms with Crippen LogP contribution >= 0.6 is 0 Å². The van der Waals surface area contributed by atoms with Gasteiger partial charge < -0.3 is 19.9 Å². The fraction of sp³-hybridized carbons (Fsp3) is 0.600. The number of amides is 1. The molecular formula is C20H27NO5. The third-order valence-corrected chi connectivity index (χ3v) is 5.47. The normalized spacial score (nSPS) is 28.5. The lowest BCUT2D eigenvalue weighted by Gasteiger charge is -2.36. The van der Waals surface area contributed by atoms with Crippen molar-refractivity contribution in [1.82, 2.24) is 5.32 Å². The number of nitrogens with one attached hydrogen (secondary N) is 1. The molecule has 1 atom stereocenters. The Morgan fingerprint density at radius 3 is 2.50 bits per heavy atom. The number of carboxylic acid groups (broad SMARTS) is 1. The quantitative estimate of drug-likeness (QED) is 0.814. The van der Waals surface area contributed by atoms with Crippen LogP contribution in [0.2, 0.25) is 0 Å². The Hall–Kier alpha value is -2.08. The van der Waals surface area contributed by atoms with E-state index in [1.54, 1.807) is 24.3 Å². The Labute approximate surface area is 153 Å². The lowest BCUT2D eigenvalue weighted by molar-refractivity contribution is -0.146. The van der Waals surface area contributed by atoms with E-state index in [0.717, 1.165) is 32.3 Å². The molecule has 1 amide bonds. The second-order valence-corrected chi connectivity index (χ2v) is 7.49. The number of benzene rings is 1. The van der Waals surface area contributed by atoms with Crippen molar-refractivity contribution in [2.24, 2.45) is 5.92 Å². The molecule has 1 aromatic carbocycles. The molecule has 0 radical (unpaired) electrons. The summed E-state index contributed by atoms with van der Waals surface area (Å²) in [4.78, 5) is 24.3. The fourth-order valence-corrected chi connectivity index (χ4v) is 3.60. The van der Waals surface area contributed by atoms with E-state index in [1.807, 2.05) is 0 Å². The molecule has 2 fully saturated rings. The number of carbonyl (C=O) groups is 2. The van der Waals surface area contributed by atoms with Gasteiger partial charge in [-0.2, -0.15) is 0 Å². The molecule has 1 saturated heterocycles. The molecule has 0 spiro atoms. The largest absolute Gasteiger partial charge is 0.491 e. The maximum Gasteiger partial charge on any atom is 0.329 e. The smallest absolute Gasteiger partial charge is 0.329 e. The molecule has 1 saturated carbocycles. The first-order chi connectivity index (χ1) is 12.5. The van der Waals surface area contributed by atoms with E-state index in [2.05, 4.69) is 12.2 Å². The van der Waals surface area contributed by atoms with Crippen molar-refractivity contribution in [3.8, 4) is 5.75 Å². The molecule has 1 aromatic rings. The van der Waals surface area contributed by atoms with Crippen molar-refractivity contribution in [2.75, 3.05) is 13.2 Å². The number of carbonyl (C=O) groups excluding carboxylic acids is 1. The van der Waals surface area contributed by atoms with Crippen molar-refractivity contribution in [2.45, 2.75) is 57.1 Å². The first kappa shape index (κ1) is 18.7. The van der Waals surface area contributed by atoms with Gasteiger partial charge in [0.2, 0.25) is 0 Å². The molecule has 1 heterocycles. The van der Waals surface area contributed by atoms with Gasteiger partial charge in [-0.15, -0.1) is 0 Å². The van der Waals surface area contributed by atoms with E-state index in [1.165, 1.54) is 0 Å². The van der Waals surface area contributed by atoms with Crippen LogP contribution < -0.4 is 10.1 Å². The standard InChI is InChI=1S/C20H27NO5/c1-14-8-10-20(11-9-14,19(23)24)21-18(22)15-4-6-16(7-5-15)26-13-17-3-2-12-25-17/h4-7,14,17H,2-3,8-13H2,1H3,(H,21,22)(H,23,24). The number of hydrogen-bond acceptors (Lipinski definition) is 4. The van der Waals surface area contributed by atoms with E-state index < -0.39 is 11.5 Å². The van der Waals surface area contributed by atoms with Gasteiger partial charge in [-0.3, -0.25) is 4.79 Å². The number of carboxylic acids is 1. The van der Waals surface area contributed by atoms with Crippen LogP contribution in [0.5, 0.6) is 5.75 Å². The SMILES string of the molecule is CC1CCC(NC(=O)c2ccc(OCC3CCCO3)cc2)(C(=O)O)CC1. The zero-order chi connectivity index (χ0) is 18.6. The molecule has 1 aliphatic carbocycles. The van der Waals surface area contributed by atoms with E-state index in [0.29, 0.717) is 36.7 Å². The second kappa shape index (κ2) is 8.08. The summed E-state index contributed by atoms with van der Waals surface area (Å²) in [6.07, 6.45) is 4.77. The minimum absolute atomic E-state index is 0.141. The number of aliphatic carboxylic acids is 1. The average molecular weight is 361 g/mol. The van der Waals surface area contributed by atoms with Crippen LogP contribution in [0.4, 0.5) is 0 Å². The molecule has 26 heavy (non-hydrogen) atoms. The summed E-state index contributed by atoms with van der Waals surface area (Å²) in [6, 6.07) is 6.81. The van der Waals surface area contributed by atoms with Gasteiger partial charge in [0.1, 0.15) is 17.9 Å². The van der Waals surface area contributed by atoms with Crippen LogP contribution in [0.15, 0.2) is 24.3 Å². The summed E-state index contributed by atoms with van der Waals surface area (Å²) in [5.41, 5.74) is -0.716. The highest BCUT2D eigenvalue weighted by molar-refractivity contribution is 5.98. The molecule has 142 valence electrons. The molecule has 6 heteroatoms. The maximum atomic E-state index is 12.5. The Kier molecular flexibility index (Phi) is 5.81. The third-order valence-electron chi connectivity index (χ3n) is 5.47. The molecule has 2 aliphatic rings. The fourth-order valence-electron chi connectivity index (χ4n) is 3.60. The summed E-state index contributed by atoms with van der Waals surface area (Å²) >= 11 is 0. The first-order valence-electron chi connectivity index (χ1n) is 9.39. The van der Waals surface area contributed by atoms with Gasteiger partial charge in [-0.05, 0) is 68.7 Å². The van der Waals surface area contributed by atoms with Crippen molar-refractivity contribution >= 4 is 11.9 Å². The molecule has 0 bridgehead atoms. The molecule has 3 rings (SSSR count). The third kappa shape index (κ3) is 4.36. The number of ether oxygens (including phenoxy) is 2. The van der Waals surface area contributed by atoms with Gasteiger partial charge >= 0.3 is 5.97 Å². The monoisotopic (exact) mass is 361 g/mol. The Morgan fingerprint density at radius 2 is 1.92 bits per heavy atom. The molecule has 1 aliphatic heterocycles. The summed E-state index contributed by atoms with van der Waals surface area (Å²) in [6.45, 7) is 3.41. The van der Waals surface area contributed by atoms with Crippen LogP contribution in [0.1, 0.15) is 55.8 Å². The summed E-state index contributed by atoms with van der Waals surface area (Å²) < 4.78 is 11.2. The molecule has 2 N–H and O–H groups in total. The van der Waals surface area contributed by atoms with Crippen LogP contribution in [0, 0.1) is 5.92 Å². The summed E-state index contributed by atoms with van der Waals surface area (Å²) in [7, 11) is 0. The van der Waals surface area contributed by atoms with Gasteiger partial charge in [0.25, 0.3) is 5.91 Å². The van der Waals surface area contributed by atoms with E-state index >= 15 is 0 Å². The molecule has 6 nitrogen and oxygen atoms in total. The minimum atomic E-state index is -1.15. The minimum Gasteiger partial charge on any atom is -0.491 e. The predicted octanol–water partition coefficient (Wildman–Crippen LogP) is 3.01. The number of hydrogen-bond donors (Lipinski definition) is 2. The van der Waals surface area contributed by atoms with Crippen molar-refractivity contribution in [1.29, 1.82) is 0 Å². The summed E-state index contributed by atoms with van der Waals surface area (Å²) in [5.74, 6) is -0.127. The van der Waals surface area contributed by atoms with E-state index in [4.69, 9.17) is 9.47 Å². The van der Waals surface area contributed by atoms with Crippen molar-refractivity contribution in [3.63, 3.8) is 0 Å². The van der Waals surface area contributed by atoms with Crippen LogP contribution in [0.3, 0.4) is 0 Å². The summed E-state index contributed by atoms with van der Waals surface area (Å²) in [5, 5.41) is 12.4. The molecular weight excluding hydrogens is 334 g/mol. The van der Waals surface area contributed by atoms with Crippen molar-refractivity contribution < 1.29 is 24.2 Å². The highest BCUT2D eigenvalue weighted by Gasteiger charge is 2.42. The number of rotatable bonds is 6. The van der Waals surface area contributed by atoms with Gasteiger partial charge in [-0.1, -0.05) is 6.92 Å². The topological polar surface area (TPSA) is 84.9 Å². The van der Waals surface area contributed by atoms with Crippen LogP contribution in [0.25, 0.3) is 0 Å². The van der Waals surface area contributed by atoms with E-state index in [-0.39, 0.29) is 12.0 Å². The maximum absolute atomic E-state index is 12.5. The van der Waals surface area contributed by atoms with Gasteiger partial charge in [-0.25, -0.2) is 4.79 Å². The lowest BCUT2D eigenvalue weighted by Crippen LogP contribution is -2.56. The molecule has 0 aromatic heterocycles. The van der Waals surface area contributed by atoms with Crippen molar-refractivity contribution in [3.05, 3.63) is 29.8 Å². The lowest BCUT2D eigenvalue weighted by atomic mass is 9.77. The van der Waals surface area contributed by atoms with Gasteiger partial charge in [0, 0.05) is 12.2 Å². The molecule has 1 unspecified atom stereocenters. The highest BCUT2D eigenvalue weighted by atomic mass is 16.5. The zero-order valence-electron chi connectivity index (χ0n) is 15.2. The zero-order valence-corrected chi connectivity index (χ0v) is 15.2. The Bertz CT molecular complexity index is 628. The average Bonchev–Trinajstić information content (AvgIpc) is 3.16. The van der Waals surface area contributed by atoms with Crippen LogP contribution in [-0.4, -0.2) is 41.8 Å². The second-order valence-electron chi connectivity index (χ2n) is 7.49. The van der Waals surface area contributed by atoms with Gasteiger partial charge in [0.05, 0.1) is 6.10 Å².